The number of aryl methyl sites for hydroxylation is 3. The molecule has 0 aliphatic carbocycles. The van der Waals surface area contributed by atoms with E-state index in [0.717, 1.165) is 16.7 Å². The molecule has 0 atom stereocenters. The second-order valence-corrected chi connectivity index (χ2v) is 7.61. The second kappa shape index (κ2) is 9.49. The number of benzene rings is 1. The minimum absolute atomic E-state index is 0.0388. The van der Waals surface area contributed by atoms with E-state index in [1.54, 1.807) is 12.3 Å². The fourth-order valence-electron chi connectivity index (χ4n) is 3.13. The van der Waals surface area contributed by atoms with Gasteiger partial charge in [0.25, 0.3) is 5.89 Å². The Balaban J connectivity index is 0.00000132. The van der Waals surface area contributed by atoms with Crippen molar-refractivity contribution < 1.29 is 14.4 Å². The number of halogens is 2. The van der Waals surface area contributed by atoms with Gasteiger partial charge in [0.2, 0.25) is 5.82 Å². The molecule has 0 spiro atoms. The Hall–Kier alpha value is -2.90. The highest BCUT2D eigenvalue weighted by Gasteiger charge is 2.18. The first-order valence-corrected chi connectivity index (χ1v) is 10.6. The summed E-state index contributed by atoms with van der Waals surface area (Å²) in [6.45, 7) is 7.84. The van der Waals surface area contributed by atoms with E-state index in [4.69, 9.17) is 32.8 Å². The molecule has 1 aromatic carbocycles. The largest absolute Gasteiger partial charge is 0.481 e. The molecule has 162 valence electrons. The lowest BCUT2D eigenvalue weighted by atomic mass is 10.0. The van der Waals surface area contributed by atoms with E-state index in [9.17, 15) is 4.79 Å². The van der Waals surface area contributed by atoms with Gasteiger partial charge in [0.1, 0.15) is 5.69 Å². The molecule has 0 bridgehead atoms. The van der Waals surface area contributed by atoms with E-state index >= 15 is 0 Å². The molecule has 4 aromatic rings. The van der Waals surface area contributed by atoms with Gasteiger partial charge in [0.15, 0.2) is 5.65 Å². The van der Waals surface area contributed by atoms with Gasteiger partial charge < -0.3 is 14.0 Å². The third-order valence-electron chi connectivity index (χ3n) is 4.56. The van der Waals surface area contributed by atoms with Crippen LogP contribution in [0.25, 0.3) is 28.6 Å². The summed E-state index contributed by atoms with van der Waals surface area (Å²) in [5.74, 6) is -0.271. The molecule has 0 saturated carbocycles. The summed E-state index contributed by atoms with van der Waals surface area (Å²) in [5, 5.41) is 13.9. The highest BCUT2D eigenvalue weighted by molar-refractivity contribution is 6.33. The van der Waals surface area contributed by atoms with Crippen molar-refractivity contribution in [2.75, 3.05) is 0 Å². The third kappa shape index (κ3) is 4.89. The van der Waals surface area contributed by atoms with Crippen LogP contribution in [0.5, 0.6) is 0 Å². The van der Waals surface area contributed by atoms with E-state index in [0.29, 0.717) is 39.2 Å². The fourth-order valence-corrected chi connectivity index (χ4v) is 3.71. The van der Waals surface area contributed by atoms with Gasteiger partial charge in [-0.3, -0.25) is 4.79 Å². The lowest BCUT2D eigenvalue weighted by Crippen LogP contribution is -1.99. The molecule has 7 nitrogen and oxygen atoms in total. The number of nitrogens with zero attached hydrogens (tertiary/aromatic N) is 4. The molecule has 3 heterocycles. The van der Waals surface area contributed by atoms with Crippen LogP contribution in [0.2, 0.25) is 10.0 Å². The van der Waals surface area contributed by atoms with Crippen LogP contribution in [-0.2, 0) is 11.2 Å². The smallest absolute Gasteiger partial charge is 0.303 e. The van der Waals surface area contributed by atoms with Gasteiger partial charge >= 0.3 is 5.97 Å². The lowest BCUT2D eigenvalue weighted by Gasteiger charge is -2.08. The van der Waals surface area contributed by atoms with Crippen LogP contribution in [0.15, 0.2) is 35.1 Å². The number of hydrogen-bond donors (Lipinski definition) is 1. The standard InChI is InChI=1S/C20H16Cl2N4O3.C2H6/c1-10-5-15(22)19-23-16(9-26(19)8-10)18-24-20(29-25-18)13-6-11(2)12(7-14(13)21)3-4-17(27)28;1-2/h5-9H,3-4H2,1-2H3,(H,27,28);1-2H3. The topological polar surface area (TPSA) is 93.5 Å². The van der Waals surface area contributed by atoms with Crippen molar-refractivity contribution >= 4 is 34.8 Å². The maximum Gasteiger partial charge on any atom is 0.303 e. The van der Waals surface area contributed by atoms with Crippen LogP contribution in [0.4, 0.5) is 0 Å². The quantitative estimate of drug-likeness (QED) is 0.391. The number of carboxylic acid groups (broad SMARTS) is 1. The minimum Gasteiger partial charge on any atom is -0.481 e. The molecular formula is C22H22Cl2N4O3. The number of carboxylic acids is 1. The van der Waals surface area contributed by atoms with Crippen LogP contribution in [0, 0.1) is 13.8 Å². The molecule has 9 heteroatoms. The van der Waals surface area contributed by atoms with Gasteiger partial charge in [-0.15, -0.1) is 0 Å². The molecule has 0 aliphatic rings. The van der Waals surface area contributed by atoms with Crippen molar-refractivity contribution in [2.24, 2.45) is 0 Å². The van der Waals surface area contributed by atoms with Crippen molar-refractivity contribution in [1.29, 1.82) is 0 Å². The Kier molecular flexibility index (Phi) is 6.97. The summed E-state index contributed by atoms with van der Waals surface area (Å²) in [5.41, 5.74) is 4.49. The predicted octanol–water partition coefficient (Wildman–Crippen LogP) is 6.02. The number of hydrogen-bond acceptors (Lipinski definition) is 5. The molecule has 0 unspecified atom stereocenters. The molecule has 31 heavy (non-hydrogen) atoms. The molecule has 0 saturated heterocycles. The number of fused-ring (bicyclic) bond motifs is 1. The van der Waals surface area contributed by atoms with Gasteiger partial charge in [-0.1, -0.05) is 42.2 Å². The maximum atomic E-state index is 10.8. The predicted molar refractivity (Wildman–Crippen MR) is 121 cm³/mol. The van der Waals surface area contributed by atoms with Crippen molar-refractivity contribution in [3.8, 4) is 23.0 Å². The van der Waals surface area contributed by atoms with Crippen molar-refractivity contribution in [3.05, 3.63) is 57.3 Å². The van der Waals surface area contributed by atoms with Gasteiger partial charge in [0, 0.05) is 18.8 Å². The summed E-state index contributed by atoms with van der Waals surface area (Å²) in [4.78, 5) is 19.7. The summed E-state index contributed by atoms with van der Waals surface area (Å²) < 4.78 is 7.22. The van der Waals surface area contributed by atoms with E-state index < -0.39 is 5.97 Å². The normalized spacial score (nSPS) is 10.8. The zero-order chi connectivity index (χ0) is 22.7. The Morgan fingerprint density at radius 1 is 1.10 bits per heavy atom. The maximum absolute atomic E-state index is 10.8. The van der Waals surface area contributed by atoms with Crippen LogP contribution in [-0.4, -0.2) is 30.6 Å². The minimum atomic E-state index is -0.853. The summed E-state index contributed by atoms with van der Waals surface area (Å²) in [7, 11) is 0. The highest BCUT2D eigenvalue weighted by Crippen LogP contribution is 2.32. The first-order valence-electron chi connectivity index (χ1n) is 9.82. The van der Waals surface area contributed by atoms with Crippen LogP contribution in [0.1, 0.15) is 37.0 Å². The van der Waals surface area contributed by atoms with Crippen LogP contribution >= 0.6 is 23.2 Å². The zero-order valence-corrected chi connectivity index (χ0v) is 19.1. The number of carbonyl (C=O) groups is 1. The Bertz CT molecular complexity index is 1250. The lowest BCUT2D eigenvalue weighted by molar-refractivity contribution is -0.136. The number of aliphatic carboxylic acids is 1. The van der Waals surface area contributed by atoms with E-state index in [1.165, 1.54) is 0 Å². The molecule has 0 aliphatic heterocycles. The van der Waals surface area contributed by atoms with E-state index in [1.807, 2.05) is 50.4 Å². The Labute approximate surface area is 189 Å². The van der Waals surface area contributed by atoms with E-state index in [-0.39, 0.29) is 12.3 Å². The third-order valence-corrected chi connectivity index (χ3v) is 5.15. The average molecular weight is 461 g/mol. The number of rotatable bonds is 5. The molecule has 4 rings (SSSR count). The van der Waals surface area contributed by atoms with Crippen molar-refractivity contribution in [2.45, 2.75) is 40.5 Å². The van der Waals surface area contributed by atoms with Crippen LogP contribution in [0.3, 0.4) is 0 Å². The second-order valence-electron chi connectivity index (χ2n) is 6.80. The first kappa shape index (κ1) is 22.8. The van der Waals surface area contributed by atoms with Crippen molar-refractivity contribution in [3.63, 3.8) is 0 Å². The zero-order valence-electron chi connectivity index (χ0n) is 17.6. The first-order chi connectivity index (χ1) is 14.8. The Morgan fingerprint density at radius 2 is 1.84 bits per heavy atom. The Morgan fingerprint density at radius 3 is 2.55 bits per heavy atom. The van der Waals surface area contributed by atoms with Gasteiger partial charge in [0.05, 0.1) is 15.6 Å². The summed E-state index contributed by atoms with van der Waals surface area (Å²) in [6.07, 6.45) is 4.13. The highest BCUT2D eigenvalue weighted by atomic mass is 35.5. The van der Waals surface area contributed by atoms with E-state index in [2.05, 4.69) is 15.1 Å². The van der Waals surface area contributed by atoms with Crippen molar-refractivity contribution in [1.82, 2.24) is 19.5 Å². The van der Waals surface area contributed by atoms with Crippen LogP contribution < -0.4 is 0 Å². The SMILES string of the molecule is CC.Cc1cc(Cl)c2nc(-c3noc(-c4cc(C)c(CCC(=O)O)cc4Cl)n3)cn2c1. The van der Waals surface area contributed by atoms with Gasteiger partial charge in [-0.25, -0.2) is 4.98 Å². The molecular weight excluding hydrogens is 439 g/mol. The average Bonchev–Trinajstić information content (AvgIpc) is 3.37. The molecule has 3 aromatic heterocycles. The monoisotopic (exact) mass is 460 g/mol. The number of pyridine rings is 1. The molecule has 0 fully saturated rings. The van der Waals surface area contributed by atoms with Gasteiger partial charge in [-0.2, -0.15) is 4.98 Å². The summed E-state index contributed by atoms with van der Waals surface area (Å²) in [6, 6.07) is 5.40. The molecule has 0 amide bonds. The number of imidazole rings is 1. The number of aromatic nitrogens is 4. The molecule has 0 radical (unpaired) electrons. The molecule has 1 N–H and O–H groups in total. The fraction of sp³-hybridized carbons (Fsp3) is 0.273. The summed E-state index contributed by atoms with van der Waals surface area (Å²) >= 11 is 12.7. The van der Waals surface area contributed by atoms with Gasteiger partial charge in [-0.05, 0) is 55.2 Å².